The van der Waals surface area contributed by atoms with Crippen molar-refractivity contribution in [3.63, 3.8) is 0 Å². The quantitative estimate of drug-likeness (QED) is 0.906. The highest BCUT2D eigenvalue weighted by Crippen LogP contribution is 2.16. The Labute approximate surface area is 131 Å². The number of carbonyl (C=O) groups excluding carboxylic acids is 2. The molecule has 1 fully saturated rings. The number of nitrogens with zero attached hydrogens (tertiary/aromatic N) is 1. The van der Waals surface area contributed by atoms with Crippen molar-refractivity contribution in [2.24, 2.45) is 5.92 Å². The predicted octanol–water partition coefficient (Wildman–Crippen LogP) is 2.07. The number of hydrogen-bond donors (Lipinski definition) is 1. The van der Waals surface area contributed by atoms with E-state index < -0.39 is 0 Å². The second-order valence-electron chi connectivity index (χ2n) is 5.80. The van der Waals surface area contributed by atoms with Gasteiger partial charge in [0.2, 0.25) is 5.91 Å². The number of carbonyl (C=O) groups is 2. The van der Waals surface area contributed by atoms with E-state index in [2.05, 4.69) is 12.2 Å². The third kappa shape index (κ3) is 4.48. The monoisotopic (exact) mass is 304 g/mol. The summed E-state index contributed by atoms with van der Waals surface area (Å²) in [4.78, 5) is 26.0. The first-order valence-corrected chi connectivity index (χ1v) is 7.80. The lowest BCUT2D eigenvalue weighted by atomic mass is 9.99. The standard InChI is InChI=1S/C17H24N2O3/c1-13-7-10-19(11-8-13)16(20)6-9-18-17(21)14-4-3-5-15(12-14)22-2/h3-5,12-13H,6-11H2,1-2H3,(H,18,21). The van der Waals surface area contributed by atoms with Crippen molar-refractivity contribution in [1.82, 2.24) is 10.2 Å². The minimum Gasteiger partial charge on any atom is -0.497 e. The van der Waals surface area contributed by atoms with Crippen LogP contribution in [-0.2, 0) is 4.79 Å². The maximum absolute atomic E-state index is 12.1. The summed E-state index contributed by atoms with van der Waals surface area (Å²) < 4.78 is 5.09. The van der Waals surface area contributed by atoms with E-state index in [1.165, 1.54) is 0 Å². The second kappa shape index (κ2) is 7.82. The number of ether oxygens (including phenoxy) is 1. The average molecular weight is 304 g/mol. The van der Waals surface area contributed by atoms with Gasteiger partial charge >= 0.3 is 0 Å². The van der Waals surface area contributed by atoms with Crippen LogP contribution in [-0.4, -0.2) is 43.5 Å². The first kappa shape index (κ1) is 16.3. The summed E-state index contributed by atoms with van der Waals surface area (Å²) >= 11 is 0. The molecule has 5 nitrogen and oxygen atoms in total. The van der Waals surface area contributed by atoms with E-state index in [-0.39, 0.29) is 11.8 Å². The number of rotatable bonds is 5. The molecule has 0 unspecified atom stereocenters. The predicted molar refractivity (Wildman–Crippen MR) is 84.9 cm³/mol. The van der Waals surface area contributed by atoms with Crippen LogP contribution in [0.25, 0.3) is 0 Å². The van der Waals surface area contributed by atoms with Gasteiger partial charge in [0.25, 0.3) is 5.91 Å². The van der Waals surface area contributed by atoms with Gasteiger partial charge in [0.05, 0.1) is 7.11 Å². The molecule has 1 aliphatic heterocycles. The Bertz CT molecular complexity index is 522. The number of benzene rings is 1. The lowest BCUT2D eigenvalue weighted by Gasteiger charge is -2.30. The van der Waals surface area contributed by atoms with E-state index in [0.717, 1.165) is 25.9 Å². The lowest BCUT2D eigenvalue weighted by molar-refractivity contribution is -0.132. The smallest absolute Gasteiger partial charge is 0.251 e. The molecular formula is C17H24N2O3. The van der Waals surface area contributed by atoms with Crippen LogP contribution in [0.2, 0.25) is 0 Å². The molecule has 0 spiro atoms. The fraction of sp³-hybridized carbons (Fsp3) is 0.529. The molecule has 1 N–H and O–H groups in total. The molecule has 22 heavy (non-hydrogen) atoms. The Hall–Kier alpha value is -2.04. The zero-order valence-electron chi connectivity index (χ0n) is 13.3. The molecule has 0 aliphatic carbocycles. The zero-order valence-corrected chi connectivity index (χ0v) is 13.3. The van der Waals surface area contributed by atoms with Gasteiger partial charge in [-0.1, -0.05) is 13.0 Å². The van der Waals surface area contributed by atoms with Gasteiger partial charge in [0.1, 0.15) is 5.75 Å². The minimum absolute atomic E-state index is 0.123. The minimum atomic E-state index is -0.182. The van der Waals surface area contributed by atoms with Crippen molar-refractivity contribution in [2.45, 2.75) is 26.2 Å². The van der Waals surface area contributed by atoms with Gasteiger partial charge in [-0.2, -0.15) is 0 Å². The third-order valence-electron chi connectivity index (χ3n) is 4.09. The van der Waals surface area contributed by atoms with Gasteiger partial charge in [0, 0.05) is 31.6 Å². The fourth-order valence-corrected chi connectivity index (χ4v) is 2.57. The molecule has 5 heteroatoms. The fourth-order valence-electron chi connectivity index (χ4n) is 2.57. The summed E-state index contributed by atoms with van der Waals surface area (Å²) in [5.74, 6) is 1.29. The number of methoxy groups -OCH3 is 1. The molecule has 0 atom stereocenters. The molecule has 1 aliphatic rings. The second-order valence-corrected chi connectivity index (χ2v) is 5.80. The zero-order chi connectivity index (χ0) is 15.9. The molecular weight excluding hydrogens is 280 g/mol. The first-order chi connectivity index (χ1) is 10.6. The molecule has 2 rings (SSSR count). The molecule has 0 radical (unpaired) electrons. The van der Waals surface area contributed by atoms with Gasteiger partial charge in [-0.3, -0.25) is 9.59 Å². The van der Waals surface area contributed by atoms with Crippen LogP contribution in [0, 0.1) is 5.92 Å². The van der Waals surface area contributed by atoms with Gasteiger partial charge in [0.15, 0.2) is 0 Å². The largest absolute Gasteiger partial charge is 0.497 e. The van der Waals surface area contributed by atoms with Crippen LogP contribution in [0.1, 0.15) is 36.5 Å². The number of nitrogens with one attached hydrogen (secondary N) is 1. The van der Waals surface area contributed by atoms with Crippen molar-refractivity contribution in [1.29, 1.82) is 0 Å². The van der Waals surface area contributed by atoms with Gasteiger partial charge in [-0.05, 0) is 37.0 Å². The Morgan fingerprint density at radius 1 is 1.32 bits per heavy atom. The molecule has 1 aromatic rings. The van der Waals surface area contributed by atoms with Crippen LogP contribution in [0.3, 0.4) is 0 Å². The maximum atomic E-state index is 12.1. The van der Waals surface area contributed by atoms with E-state index in [1.807, 2.05) is 4.90 Å². The van der Waals surface area contributed by atoms with Crippen LogP contribution >= 0.6 is 0 Å². The molecule has 1 saturated heterocycles. The number of hydrogen-bond acceptors (Lipinski definition) is 3. The lowest BCUT2D eigenvalue weighted by Crippen LogP contribution is -2.39. The van der Waals surface area contributed by atoms with Crippen molar-refractivity contribution >= 4 is 11.8 Å². The van der Waals surface area contributed by atoms with E-state index in [9.17, 15) is 9.59 Å². The van der Waals surface area contributed by atoms with Crippen LogP contribution < -0.4 is 10.1 Å². The molecule has 120 valence electrons. The van der Waals surface area contributed by atoms with E-state index >= 15 is 0 Å². The summed E-state index contributed by atoms with van der Waals surface area (Å²) in [6, 6.07) is 6.97. The van der Waals surface area contributed by atoms with E-state index in [4.69, 9.17) is 4.74 Å². The van der Waals surface area contributed by atoms with E-state index in [1.54, 1.807) is 31.4 Å². The highest BCUT2D eigenvalue weighted by Gasteiger charge is 2.19. The number of likely N-dealkylation sites (tertiary alicyclic amines) is 1. The topological polar surface area (TPSA) is 58.6 Å². The average Bonchev–Trinajstić information content (AvgIpc) is 2.55. The summed E-state index contributed by atoms with van der Waals surface area (Å²) in [7, 11) is 1.56. The van der Waals surface area contributed by atoms with Crippen LogP contribution in [0.5, 0.6) is 5.75 Å². The Morgan fingerprint density at radius 3 is 2.73 bits per heavy atom. The van der Waals surface area contributed by atoms with Crippen molar-refractivity contribution in [3.8, 4) is 5.75 Å². The summed E-state index contributed by atoms with van der Waals surface area (Å²) in [5, 5.41) is 2.79. The highest BCUT2D eigenvalue weighted by molar-refractivity contribution is 5.94. The van der Waals surface area contributed by atoms with Crippen molar-refractivity contribution in [3.05, 3.63) is 29.8 Å². The summed E-state index contributed by atoms with van der Waals surface area (Å²) in [6.07, 6.45) is 2.49. The van der Waals surface area contributed by atoms with Crippen molar-refractivity contribution in [2.75, 3.05) is 26.7 Å². The normalized spacial score (nSPS) is 15.5. The van der Waals surface area contributed by atoms with Crippen LogP contribution in [0.4, 0.5) is 0 Å². The summed E-state index contributed by atoms with van der Waals surface area (Å²) in [6.45, 7) is 4.25. The molecule has 0 saturated carbocycles. The van der Waals surface area contributed by atoms with E-state index in [0.29, 0.717) is 30.2 Å². The Kier molecular flexibility index (Phi) is 5.81. The van der Waals surface area contributed by atoms with Gasteiger partial charge in [-0.15, -0.1) is 0 Å². The third-order valence-corrected chi connectivity index (χ3v) is 4.09. The Morgan fingerprint density at radius 2 is 2.05 bits per heavy atom. The van der Waals surface area contributed by atoms with Crippen LogP contribution in [0.15, 0.2) is 24.3 Å². The molecule has 0 aromatic heterocycles. The van der Waals surface area contributed by atoms with Crippen molar-refractivity contribution < 1.29 is 14.3 Å². The molecule has 0 bridgehead atoms. The SMILES string of the molecule is COc1cccc(C(=O)NCCC(=O)N2CCC(C)CC2)c1. The Balaban J connectivity index is 1.75. The molecule has 2 amide bonds. The van der Waals surface area contributed by atoms with Gasteiger partial charge in [-0.25, -0.2) is 0 Å². The number of piperidine rings is 1. The molecule has 1 heterocycles. The molecule has 1 aromatic carbocycles. The van der Waals surface area contributed by atoms with Gasteiger partial charge < -0.3 is 15.0 Å². The maximum Gasteiger partial charge on any atom is 0.251 e. The number of amides is 2. The summed E-state index contributed by atoms with van der Waals surface area (Å²) in [5.41, 5.74) is 0.540. The highest BCUT2D eigenvalue weighted by atomic mass is 16.5. The first-order valence-electron chi connectivity index (χ1n) is 7.80.